The minimum Gasteiger partial charge on any atom is -0.456 e. The number of hydrogen-bond donors (Lipinski definition) is 1. The molecule has 1 atom stereocenters. The first kappa shape index (κ1) is 22.9. The van der Waals surface area contributed by atoms with Crippen LogP contribution in [0.5, 0.6) is 11.5 Å². The monoisotopic (exact) mass is 467 g/mol. The maximum atomic E-state index is 13.0. The molecule has 0 saturated carbocycles. The topological polar surface area (TPSA) is 123 Å². The van der Waals surface area contributed by atoms with Crippen molar-refractivity contribution in [1.82, 2.24) is 13.9 Å². The third-order valence-corrected chi connectivity index (χ3v) is 7.59. The number of ether oxygens (including phenoxy) is 2. The lowest BCUT2D eigenvalue weighted by Crippen LogP contribution is -2.40. The molecule has 1 aliphatic rings. The number of aryl methyl sites for hydroxylation is 1. The smallest absolute Gasteiger partial charge is 0.243 e. The number of nitrogens with zero attached hydrogens (tertiary/aromatic N) is 4. The van der Waals surface area contributed by atoms with E-state index in [2.05, 4.69) is 11.1 Å². The van der Waals surface area contributed by atoms with Gasteiger partial charge in [0.05, 0.1) is 47.4 Å². The summed E-state index contributed by atoms with van der Waals surface area (Å²) < 4.78 is 40.5. The van der Waals surface area contributed by atoms with Crippen LogP contribution in [0.4, 0.5) is 0 Å². The van der Waals surface area contributed by atoms with Crippen LogP contribution in [0.25, 0.3) is 0 Å². The summed E-state index contributed by atoms with van der Waals surface area (Å²) in [5.74, 6) is 0.590. The Morgan fingerprint density at radius 2 is 1.97 bits per heavy atom. The van der Waals surface area contributed by atoms with Gasteiger partial charge in [0.1, 0.15) is 17.6 Å². The summed E-state index contributed by atoms with van der Waals surface area (Å²) in [5.41, 5.74) is 7.55. The lowest BCUT2D eigenvalue weighted by Gasteiger charge is -2.26. The van der Waals surface area contributed by atoms with E-state index in [0.717, 1.165) is 11.3 Å². The Kier molecular flexibility index (Phi) is 6.23. The molecular formula is C23H25N5O4S. The number of benzene rings is 2. The largest absolute Gasteiger partial charge is 0.456 e. The van der Waals surface area contributed by atoms with Gasteiger partial charge in [-0.15, -0.1) is 0 Å². The number of nitrogens with two attached hydrogens (primary N) is 1. The highest BCUT2D eigenvalue weighted by Crippen LogP contribution is 2.33. The van der Waals surface area contributed by atoms with Gasteiger partial charge in [0.2, 0.25) is 10.0 Å². The van der Waals surface area contributed by atoms with E-state index in [-0.39, 0.29) is 10.6 Å². The molecule has 2 N–H and O–H groups in total. The highest BCUT2D eigenvalue weighted by Gasteiger charge is 2.29. The molecular weight excluding hydrogens is 442 g/mol. The Bertz CT molecular complexity index is 1300. The zero-order chi connectivity index (χ0) is 23.6. The van der Waals surface area contributed by atoms with Crippen LogP contribution in [-0.2, 0) is 27.3 Å². The molecule has 10 heteroatoms. The van der Waals surface area contributed by atoms with Crippen LogP contribution in [-0.4, -0.2) is 48.6 Å². The molecule has 0 radical (unpaired) electrons. The van der Waals surface area contributed by atoms with Gasteiger partial charge in [-0.2, -0.15) is 9.57 Å². The molecule has 1 aliphatic heterocycles. The van der Waals surface area contributed by atoms with Crippen molar-refractivity contribution in [2.45, 2.75) is 17.4 Å². The van der Waals surface area contributed by atoms with Crippen molar-refractivity contribution in [3.8, 4) is 17.6 Å². The maximum absolute atomic E-state index is 13.0. The molecule has 0 aliphatic carbocycles. The normalized spacial score (nSPS) is 16.7. The van der Waals surface area contributed by atoms with Crippen LogP contribution in [0.15, 0.2) is 59.9 Å². The van der Waals surface area contributed by atoms with Crippen LogP contribution in [0.2, 0.25) is 0 Å². The third-order valence-electron chi connectivity index (χ3n) is 5.69. The van der Waals surface area contributed by atoms with Crippen molar-refractivity contribution in [3.63, 3.8) is 0 Å². The number of rotatable bonds is 6. The number of nitriles is 1. The summed E-state index contributed by atoms with van der Waals surface area (Å²) in [5, 5.41) is 9.58. The van der Waals surface area contributed by atoms with Gasteiger partial charge in [0.25, 0.3) is 0 Å². The summed E-state index contributed by atoms with van der Waals surface area (Å²) in [7, 11) is -1.82. The van der Waals surface area contributed by atoms with Crippen LogP contribution in [0, 0.1) is 11.3 Å². The van der Waals surface area contributed by atoms with Gasteiger partial charge in [-0.25, -0.2) is 13.4 Å². The van der Waals surface area contributed by atoms with Gasteiger partial charge in [-0.3, -0.25) is 0 Å². The molecule has 2 heterocycles. The molecule has 0 spiro atoms. The quantitative estimate of drug-likeness (QED) is 0.590. The van der Waals surface area contributed by atoms with Crippen LogP contribution in [0.3, 0.4) is 0 Å². The average Bonchev–Trinajstić information content (AvgIpc) is 3.26. The van der Waals surface area contributed by atoms with E-state index >= 15 is 0 Å². The van der Waals surface area contributed by atoms with Gasteiger partial charge in [0.15, 0.2) is 0 Å². The van der Waals surface area contributed by atoms with Gasteiger partial charge in [-0.05, 0) is 36.8 Å². The highest BCUT2D eigenvalue weighted by molar-refractivity contribution is 7.89. The molecule has 1 aromatic heterocycles. The van der Waals surface area contributed by atoms with Crippen molar-refractivity contribution in [2.24, 2.45) is 12.8 Å². The summed E-state index contributed by atoms with van der Waals surface area (Å²) in [4.78, 5) is 4.26. The summed E-state index contributed by atoms with van der Waals surface area (Å²) in [6, 6.07) is 13.5. The molecule has 3 aromatic rings. The van der Waals surface area contributed by atoms with E-state index in [1.165, 1.54) is 16.4 Å². The first-order valence-corrected chi connectivity index (χ1v) is 11.8. The number of aromatic nitrogens is 2. The Morgan fingerprint density at radius 1 is 1.21 bits per heavy atom. The molecule has 172 valence electrons. The second-order valence-corrected chi connectivity index (χ2v) is 9.95. The first-order valence-electron chi connectivity index (χ1n) is 10.4. The van der Waals surface area contributed by atoms with E-state index in [0.29, 0.717) is 37.6 Å². The molecule has 1 saturated heterocycles. The fourth-order valence-corrected chi connectivity index (χ4v) is 5.23. The van der Waals surface area contributed by atoms with Crippen molar-refractivity contribution < 1.29 is 17.9 Å². The first-order chi connectivity index (χ1) is 15.7. The van der Waals surface area contributed by atoms with Gasteiger partial charge < -0.3 is 19.8 Å². The summed E-state index contributed by atoms with van der Waals surface area (Å²) >= 11 is 0. The Morgan fingerprint density at radius 3 is 2.64 bits per heavy atom. The zero-order valence-corrected chi connectivity index (χ0v) is 19.2. The number of imidazole rings is 1. The van der Waals surface area contributed by atoms with Gasteiger partial charge >= 0.3 is 0 Å². The van der Waals surface area contributed by atoms with E-state index in [4.69, 9.17) is 15.2 Å². The number of morpholine rings is 1. The minimum atomic E-state index is -3.68. The highest BCUT2D eigenvalue weighted by atomic mass is 32.2. The number of sulfonamides is 1. The summed E-state index contributed by atoms with van der Waals surface area (Å²) in [6.45, 7) is 3.18. The van der Waals surface area contributed by atoms with Crippen molar-refractivity contribution in [2.75, 3.05) is 26.3 Å². The fraction of sp³-hybridized carbons (Fsp3) is 0.304. The summed E-state index contributed by atoms with van der Waals surface area (Å²) in [6.07, 6.45) is 3.36. The standard InChI is InChI=1S/C23H25N5O4S/c1-23(25,22-15-26-16-27(22)2)18-7-6-17(14-24)21(12-18)32-19-4-3-5-20(13-19)33(29,30)28-8-10-31-11-9-28/h3-7,12-13,15-16H,8-11,25H2,1-2H3. The van der Waals surface area contributed by atoms with Crippen molar-refractivity contribution >= 4 is 10.0 Å². The molecule has 0 bridgehead atoms. The zero-order valence-electron chi connectivity index (χ0n) is 18.4. The Hall–Kier alpha value is -3.23. The van der Waals surface area contributed by atoms with E-state index < -0.39 is 15.6 Å². The maximum Gasteiger partial charge on any atom is 0.243 e. The predicted molar refractivity (Wildman–Crippen MR) is 121 cm³/mol. The average molecular weight is 468 g/mol. The number of hydrogen-bond acceptors (Lipinski definition) is 7. The second-order valence-electron chi connectivity index (χ2n) is 8.01. The van der Waals surface area contributed by atoms with Gasteiger partial charge in [-0.1, -0.05) is 12.1 Å². The Balaban J connectivity index is 1.67. The molecule has 4 rings (SSSR count). The van der Waals surface area contributed by atoms with Crippen LogP contribution in [0.1, 0.15) is 23.7 Å². The third kappa shape index (κ3) is 4.49. The van der Waals surface area contributed by atoms with Crippen molar-refractivity contribution in [1.29, 1.82) is 5.26 Å². The van der Waals surface area contributed by atoms with E-state index in [9.17, 15) is 13.7 Å². The minimum absolute atomic E-state index is 0.120. The predicted octanol–water partition coefficient (Wildman–Crippen LogP) is 2.33. The van der Waals surface area contributed by atoms with E-state index in [1.54, 1.807) is 42.9 Å². The molecule has 33 heavy (non-hydrogen) atoms. The molecule has 2 aromatic carbocycles. The molecule has 0 amide bonds. The second kappa shape index (κ2) is 8.96. The Labute approximate surface area is 193 Å². The van der Waals surface area contributed by atoms with Gasteiger partial charge in [0, 0.05) is 26.2 Å². The molecule has 1 fully saturated rings. The lowest BCUT2D eigenvalue weighted by atomic mass is 9.89. The molecule has 1 unspecified atom stereocenters. The van der Waals surface area contributed by atoms with Crippen LogP contribution >= 0.6 is 0 Å². The fourth-order valence-electron chi connectivity index (χ4n) is 3.79. The molecule has 9 nitrogen and oxygen atoms in total. The van der Waals surface area contributed by atoms with Crippen molar-refractivity contribution in [3.05, 3.63) is 71.8 Å². The van der Waals surface area contributed by atoms with E-state index in [1.807, 2.05) is 18.5 Å². The van der Waals surface area contributed by atoms with Crippen LogP contribution < -0.4 is 10.5 Å². The SMILES string of the molecule is Cn1cncc1C(C)(N)c1ccc(C#N)c(Oc2cccc(S(=O)(=O)N3CCOCC3)c2)c1. The lowest BCUT2D eigenvalue weighted by molar-refractivity contribution is 0.0730.